The molecule has 1 amide bonds. The number of anilines is 1. The zero-order chi connectivity index (χ0) is 19.8. The second-order valence-electron chi connectivity index (χ2n) is 8.30. The standard InChI is InChI=1S/C20H19Br2ClN4O/c1-19(2)15(23)9-20-12(11-4-3-10(21)7-14(11)26-20)8-16(28)27(20)6-5-13-17(19)25-18(22)24-13/h3-7,12,15,26H,8-9H2,1-2H3,(H,24,25)/b6-5-. The van der Waals surface area contributed by atoms with Gasteiger partial charge in [-0.15, -0.1) is 11.6 Å². The van der Waals surface area contributed by atoms with Crippen LogP contribution in [0.4, 0.5) is 5.69 Å². The maximum Gasteiger partial charge on any atom is 0.229 e. The third-order valence-electron chi connectivity index (χ3n) is 6.40. The van der Waals surface area contributed by atoms with E-state index in [1.54, 1.807) is 0 Å². The largest absolute Gasteiger partial charge is 0.362 e. The molecule has 3 unspecified atom stereocenters. The highest BCUT2D eigenvalue weighted by molar-refractivity contribution is 9.10. The predicted octanol–water partition coefficient (Wildman–Crippen LogP) is 5.33. The number of hydrogen-bond donors (Lipinski definition) is 2. The minimum atomic E-state index is -0.568. The van der Waals surface area contributed by atoms with Crippen molar-refractivity contribution in [1.29, 1.82) is 0 Å². The average Bonchev–Trinajstić information content (AvgIpc) is 3.21. The molecule has 1 aromatic heterocycles. The van der Waals surface area contributed by atoms with Crippen LogP contribution < -0.4 is 5.32 Å². The Morgan fingerprint density at radius 2 is 2.11 bits per heavy atom. The summed E-state index contributed by atoms with van der Waals surface area (Å²) < 4.78 is 1.68. The second-order valence-corrected chi connectivity index (χ2v) is 10.5. The van der Waals surface area contributed by atoms with Gasteiger partial charge in [0.25, 0.3) is 0 Å². The van der Waals surface area contributed by atoms with Crippen molar-refractivity contribution in [3.63, 3.8) is 0 Å². The fraction of sp³-hybridized carbons (Fsp3) is 0.400. The normalized spacial score (nSPS) is 31.0. The van der Waals surface area contributed by atoms with Crippen molar-refractivity contribution in [2.75, 3.05) is 5.32 Å². The van der Waals surface area contributed by atoms with Gasteiger partial charge in [0.15, 0.2) is 4.73 Å². The lowest BCUT2D eigenvalue weighted by Crippen LogP contribution is -2.52. The molecule has 1 spiro atoms. The first kappa shape index (κ1) is 18.7. The van der Waals surface area contributed by atoms with E-state index in [1.807, 2.05) is 23.2 Å². The van der Waals surface area contributed by atoms with E-state index < -0.39 is 5.66 Å². The van der Waals surface area contributed by atoms with Gasteiger partial charge in [-0.3, -0.25) is 9.69 Å². The van der Waals surface area contributed by atoms with Gasteiger partial charge >= 0.3 is 0 Å². The molecule has 0 aliphatic carbocycles. The van der Waals surface area contributed by atoms with Crippen molar-refractivity contribution in [3.05, 3.63) is 50.6 Å². The van der Waals surface area contributed by atoms with Gasteiger partial charge in [0, 0.05) is 45.9 Å². The monoisotopic (exact) mass is 524 g/mol. The Hall–Kier alpha value is -1.31. The molecule has 5 rings (SSSR count). The molecule has 1 fully saturated rings. The smallest absolute Gasteiger partial charge is 0.229 e. The number of benzene rings is 1. The molecular weight excluding hydrogens is 508 g/mol. The molecule has 1 saturated heterocycles. The topological polar surface area (TPSA) is 61.0 Å². The lowest BCUT2D eigenvalue weighted by Gasteiger charge is -2.41. The maximum atomic E-state index is 13.0. The summed E-state index contributed by atoms with van der Waals surface area (Å²) in [5, 5.41) is 3.45. The number of nitrogens with one attached hydrogen (secondary N) is 2. The zero-order valence-electron chi connectivity index (χ0n) is 15.4. The average molecular weight is 527 g/mol. The lowest BCUT2D eigenvalue weighted by molar-refractivity contribution is -0.127. The van der Waals surface area contributed by atoms with Crippen molar-refractivity contribution < 1.29 is 4.79 Å². The molecule has 3 aliphatic rings. The number of H-pyrrole nitrogens is 1. The number of fused-ring (bicyclic) bond motifs is 3. The highest BCUT2D eigenvalue weighted by Gasteiger charge is 2.59. The number of imidazole rings is 1. The van der Waals surface area contributed by atoms with E-state index in [-0.39, 0.29) is 22.6 Å². The van der Waals surface area contributed by atoms with E-state index in [2.05, 4.69) is 73.1 Å². The summed E-state index contributed by atoms with van der Waals surface area (Å²) >= 11 is 14.1. The van der Waals surface area contributed by atoms with Crippen LogP contribution in [0.25, 0.3) is 6.08 Å². The molecule has 3 atom stereocenters. The van der Waals surface area contributed by atoms with Crippen molar-refractivity contribution in [2.24, 2.45) is 0 Å². The van der Waals surface area contributed by atoms with E-state index in [0.717, 1.165) is 21.5 Å². The molecule has 4 heterocycles. The first-order chi connectivity index (χ1) is 13.2. The second kappa shape index (κ2) is 6.09. The first-order valence-corrected chi connectivity index (χ1v) is 11.2. The number of alkyl halides is 1. The van der Waals surface area contributed by atoms with Gasteiger partial charge in [-0.25, -0.2) is 4.98 Å². The van der Waals surface area contributed by atoms with Gasteiger partial charge in [-0.2, -0.15) is 0 Å². The number of halogens is 3. The molecule has 2 aromatic rings. The fourth-order valence-corrected chi connectivity index (χ4v) is 5.92. The van der Waals surface area contributed by atoms with Crippen LogP contribution in [0, 0.1) is 0 Å². The molecule has 1 aromatic carbocycles. The molecule has 2 N–H and O–H groups in total. The number of aromatic nitrogens is 2. The Kier molecular flexibility index (Phi) is 4.07. The molecule has 146 valence electrons. The molecule has 0 radical (unpaired) electrons. The Labute approximate surface area is 185 Å². The predicted molar refractivity (Wildman–Crippen MR) is 117 cm³/mol. The fourth-order valence-electron chi connectivity index (χ4n) is 4.83. The van der Waals surface area contributed by atoms with Gasteiger partial charge in [-0.05, 0) is 39.7 Å². The van der Waals surface area contributed by atoms with Crippen LogP contribution in [0.2, 0.25) is 0 Å². The Balaban J connectivity index is 1.68. The van der Waals surface area contributed by atoms with Crippen LogP contribution in [-0.2, 0) is 10.2 Å². The lowest BCUT2D eigenvalue weighted by atomic mass is 9.78. The molecule has 0 bridgehead atoms. The third-order valence-corrected chi connectivity index (χ3v) is 7.97. The SMILES string of the molecule is CC1(C)c2[nH]c(Br)nc2/C=C\N2C(=O)CC3c4ccc(Br)cc4NC32CC1Cl. The molecule has 8 heteroatoms. The summed E-state index contributed by atoms with van der Waals surface area (Å²) in [7, 11) is 0. The summed E-state index contributed by atoms with van der Waals surface area (Å²) in [5.74, 6) is 0.156. The molecule has 3 aliphatic heterocycles. The van der Waals surface area contributed by atoms with E-state index in [9.17, 15) is 4.79 Å². The minimum absolute atomic E-state index is 0.0564. The van der Waals surface area contributed by atoms with Crippen LogP contribution in [0.15, 0.2) is 33.6 Å². The summed E-state index contributed by atoms with van der Waals surface area (Å²) in [6.45, 7) is 4.25. The van der Waals surface area contributed by atoms with Crippen LogP contribution in [0.3, 0.4) is 0 Å². The summed E-state index contributed by atoms with van der Waals surface area (Å²) in [6, 6.07) is 6.22. The summed E-state index contributed by atoms with van der Waals surface area (Å²) in [6.07, 6.45) is 4.86. The van der Waals surface area contributed by atoms with Crippen molar-refractivity contribution in [1.82, 2.24) is 14.9 Å². The maximum absolute atomic E-state index is 13.0. The van der Waals surface area contributed by atoms with Gasteiger partial charge in [0.1, 0.15) is 5.66 Å². The number of hydrogen-bond acceptors (Lipinski definition) is 3. The molecule has 28 heavy (non-hydrogen) atoms. The summed E-state index contributed by atoms with van der Waals surface area (Å²) in [5.41, 5.74) is 3.07. The highest BCUT2D eigenvalue weighted by Crippen LogP contribution is 2.56. The first-order valence-electron chi connectivity index (χ1n) is 9.20. The number of aromatic amines is 1. The van der Waals surface area contributed by atoms with Crippen LogP contribution in [0.5, 0.6) is 0 Å². The Morgan fingerprint density at radius 3 is 2.89 bits per heavy atom. The van der Waals surface area contributed by atoms with Crippen molar-refractivity contribution in [2.45, 2.75) is 49.1 Å². The highest BCUT2D eigenvalue weighted by atomic mass is 79.9. The van der Waals surface area contributed by atoms with Crippen molar-refractivity contribution in [3.8, 4) is 0 Å². The molecule has 5 nitrogen and oxygen atoms in total. The number of carbonyl (C=O) groups is 1. The third kappa shape index (κ3) is 2.48. The van der Waals surface area contributed by atoms with Gasteiger partial charge < -0.3 is 10.3 Å². The van der Waals surface area contributed by atoms with Crippen LogP contribution in [-0.4, -0.2) is 31.8 Å². The summed E-state index contributed by atoms with van der Waals surface area (Å²) in [4.78, 5) is 22.7. The van der Waals surface area contributed by atoms with Crippen LogP contribution in [0.1, 0.15) is 49.6 Å². The quantitative estimate of drug-likeness (QED) is 0.456. The van der Waals surface area contributed by atoms with Gasteiger partial charge in [0.05, 0.1) is 11.4 Å². The van der Waals surface area contributed by atoms with E-state index in [1.165, 1.54) is 5.56 Å². The number of rotatable bonds is 0. The van der Waals surface area contributed by atoms with Crippen molar-refractivity contribution >= 4 is 61.1 Å². The Morgan fingerprint density at radius 1 is 1.32 bits per heavy atom. The van der Waals surface area contributed by atoms with Gasteiger partial charge in [-0.1, -0.05) is 35.8 Å². The van der Waals surface area contributed by atoms with Crippen LogP contribution >= 0.6 is 43.5 Å². The zero-order valence-corrected chi connectivity index (χ0v) is 19.3. The minimum Gasteiger partial charge on any atom is -0.362 e. The van der Waals surface area contributed by atoms with E-state index in [0.29, 0.717) is 17.6 Å². The number of nitrogens with zero attached hydrogens (tertiary/aromatic N) is 2. The molecule has 0 saturated carbocycles. The van der Waals surface area contributed by atoms with E-state index >= 15 is 0 Å². The Bertz CT molecular complexity index is 1030. The molecular formula is C20H19Br2ClN4O. The van der Waals surface area contributed by atoms with E-state index in [4.69, 9.17) is 11.6 Å². The number of carbonyl (C=O) groups excluding carboxylic acids is 1. The number of amides is 1. The van der Waals surface area contributed by atoms with Gasteiger partial charge in [0.2, 0.25) is 5.91 Å².